The van der Waals surface area contributed by atoms with Crippen LogP contribution in [0.5, 0.6) is 5.75 Å². The smallest absolute Gasteiger partial charge is 0.307 e. The number of fused-ring (bicyclic) bond motifs is 2. The first-order valence-electron chi connectivity index (χ1n) is 10.9. The van der Waals surface area contributed by atoms with Crippen molar-refractivity contribution in [2.75, 3.05) is 13.1 Å². The lowest BCUT2D eigenvalue weighted by molar-refractivity contribution is -0.143. The summed E-state index contributed by atoms with van der Waals surface area (Å²) >= 11 is 0. The normalized spacial score (nSPS) is 21.5. The Bertz CT molecular complexity index is 909. The summed E-state index contributed by atoms with van der Waals surface area (Å²) in [6, 6.07) is 5.09. The number of nitrogens with one attached hydrogen (secondary N) is 2. The van der Waals surface area contributed by atoms with Gasteiger partial charge < -0.3 is 20.1 Å². The molecule has 2 fully saturated rings. The maximum Gasteiger partial charge on any atom is 0.307 e. The fourth-order valence-electron chi connectivity index (χ4n) is 4.46. The van der Waals surface area contributed by atoms with Gasteiger partial charge in [0.1, 0.15) is 12.3 Å². The highest BCUT2D eigenvalue weighted by atomic mass is 16.5. The van der Waals surface area contributed by atoms with Crippen molar-refractivity contribution in [3.05, 3.63) is 23.8 Å². The van der Waals surface area contributed by atoms with Crippen LogP contribution in [0.4, 0.5) is 5.69 Å². The van der Waals surface area contributed by atoms with Crippen LogP contribution in [0.15, 0.2) is 23.2 Å². The van der Waals surface area contributed by atoms with Crippen molar-refractivity contribution in [2.45, 2.75) is 57.6 Å². The Morgan fingerprint density at radius 2 is 2.10 bits per heavy atom. The molecule has 1 saturated carbocycles. The molecule has 0 spiro atoms. The van der Waals surface area contributed by atoms with E-state index in [1.807, 2.05) is 11.8 Å². The number of carbonyl (C=O) groups excluding carboxylic acids is 2. The van der Waals surface area contributed by atoms with Crippen LogP contribution in [-0.2, 0) is 14.4 Å². The second-order valence-corrected chi connectivity index (χ2v) is 8.46. The number of carboxylic acids is 1. The molecule has 2 unspecified atom stereocenters. The summed E-state index contributed by atoms with van der Waals surface area (Å²) in [6.45, 7) is 2.74. The summed E-state index contributed by atoms with van der Waals surface area (Å²) in [4.78, 5) is 42.1. The van der Waals surface area contributed by atoms with E-state index in [9.17, 15) is 19.5 Å². The van der Waals surface area contributed by atoms with Crippen molar-refractivity contribution >= 4 is 29.4 Å². The maximum absolute atomic E-state index is 12.7. The summed E-state index contributed by atoms with van der Waals surface area (Å²) in [7, 11) is 0. The molecule has 1 aliphatic carbocycles. The molecule has 2 aliphatic heterocycles. The lowest BCUT2D eigenvalue weighted by atomic mass is 9.89. The number of aliphatic carboxylic acids is 1. The van der Waals surface area contributed by atoms with Crippen LogP contribution in [0.3, 0.4) is 0 Å². The molecule has 1 aromatic rings. The molecule has 1 saturated heterocycles. The fourth-order valence-corrected chi connectivity index (χ4v) is 4.46. The standard InChI is InChI=1S/C22H28N4O5/c1-13-16-9-15(7-8-17(16)24-22-25-19(27)12-26(13)22)31-18(10-20(28)29)21(30)23-11-14-5-3-2-4-6-14/h7-9,13-14,18H,2-6,10-12H2,1H3,(H,23,30)(H,28,29)(H,24,25,27). The van der Waals surface area contributed by atoms with Gasteiger partial charge in [0.25, 0.3) is 5.91 Å². The van der Waals surface area contributed by atoms with Gasteiger partial charge in [-0.15, -0.1) is 0 Å². The van der Waals surface area contributed by atoms with Gasteiger partial charge in [0, 0.05) is 12.1 Å². The van der Waals surface area contributed by atoms with E-state index in [1.54, 1.807) is 18.2 Å². The van der Waals surface area contributed by atoms with Gasteiger partial charge in [0.2, 0.25) is 11.9 Å². The molecule has 3 aliphatic rings. The van der Waals surface area contributed by atoms with Crippen LogP contribution < -0.4 is 15.4 Å². The van der Waals surface area contributed by atoms with E-state index in [4.69, 9.17) is 4.74 Å². The van der Waals surface area contributed by atoms with Crippen molar-refractivity contribution in [3.63, 3.8) is 0 Å². The summed E-state index contributed by atoms with van der Waals surface area (Å²) in [5.74, 6) is -0.234. The number of rotatable bonds is 7. The Morgan fingerprint density at radius 3 is 2.84 bits per heavy atom. The first-order chi connectivity index (χ1) is 14.9. The number of aliphatic imine (C=N–C) groups is 1. The minimum atomic E-state index is -1.12. The molecule has 3 N–H and O–H groups in total. The monoisotopic (exact) mass is 428 g/mol. The zero-order chi connectivity index (χ0) is 22.0. The van der Waals surface area contributed by atoms with E-state index in [0.717, 1.165) is 18.4 Å². The van der Waals surface area contributed by atoms with E-state index in [2.05, 4.69) is 15.6 Å². The molecule has 4 rings (SSSR count). The second-order valence-electron chi connectivity index (χ2n) is 8.46. The Labute approximate surface area is 180 Å². The molecule has 9 nitrogen and oxygen atoms in total. The van der Waals surface area contributed by atoms with Crippen LogP contribution in [0.1, 0.15) is 57.1 Å². The average Bonchev–Trinajstić information content (AvgIpc) is 3.13. The molecule has 2 atom stereocenters. The molecular formula is C22H28N4O5. The highest BCUT2D eigenvalue weighted by molar-refractivity contribution is 6.06. The highest BCUT2D eigenvalue weighted by Crippen LogP contribution is 2.37. The molecule has 31 heavy (non-hydrogen) atoms. The van der Waals surface area contributed by atoms with Crippen molar-refractivity contribution < 1.29 is 24.2 Å². The third-order valence-corrected chi connectivity index (χ3v) is 6.20. The number of ether oxygens (including phenoxy) is 1. The minimum Gasteiger partial charge on any atom is -0.481 e. The molecule has 9 heteroatoms. The van der Waals surface area contributed by atoms with E-state index < -0.39 is 24.4 Å². The third-order valence-electron chi connectivity index (χ3n) is 6.20. The van der Waals surface area contributed by atoms with Gasteiger partial charge in [0.15, 0.2) is 6.10 Å². The van der Waals surface area contributed by atoms with Crippen LogP contribution in [0, 0.1) is 5.92 Å². The number of amides is 2. The lowest BCUT2D eigenvalue weighted by Crippen LogP contribution is -2.42. The second kappa shape index (κ2) is 8.95. The predicted molar refractivity (Wildman–Crippen MR) is 113 cm³/mol. The molecule has 0 bridgehead atoms. The summed E-state index contributed by atoms with van der Waals surface area (Å²) in [6.07, 6.45) is 4.21. The largest absolute Gasteiger partial charge is 0.481 e. The summed E-state index contributed by atoms with van der Waals surface area (Å²) < 4.78 is 5.83. The number of carbonyl (C=O) groups is 3. The first-order valence-corrected chi connectivity index (χ1v) is 10.9. The van der Waals surface area contributed by atoms with Crippen LogP contribution in [0.25, 0.3) is 0 Å². The van der Waals surface area contributed by atoms with E-state index in [0.29, 0.717) is 29.9 Å². The van der Waals surface area contributed by atoms with Gasteiger partial charge in [-0.05, 0) is 43.9 Å². The zero-order valence-corrected chi connectivity index (χ0v) is 17.6. The van der Waals surface area contributed by atoms with E-state index in [1.165, 1.54) is 19.3 Å². The Hall–Kier alpha value is -3.10. The van der Waals surface area contributed by atoms with Crippen molar-refractivity contribution in [3.8, 4) is 5.75 Å². The van der Waals surface area contributed by atoms with Gasteiger partial charge in [-0.2, -0.15) is 0 Å². The topological polar surface area (TPSA) is 120 Å². The number of nitrogens with zero attached hydrogens (tertiary/aromatic N) is 2. The lowest BCUT2D eigenvalue weighted by Gasteiger charge is -2.30. The van der Waals surface area contributed by atoms with Crippen LogP contribution in [0.2, 0.25) is 0 Å². The minimum absolute atomic E-state index is 0.106. The Balaban J connectivity index is 1.46. The van der Waals surface area contributed by atoms with Gasteiger partial charge in [-0.25, -0.2) is 4.99 Å². The Kier molecular flexibility index (Phi) is 6.11. The predicted octanol–water partition coefficient (Wildman–Crippen LogP) is 2.10. The number of hydrogen-bond donors (Lipinski definition) is 3. The van der Waals surface area contributed by atoms with Gasteiger partial charge in [-0.3, -0.25) is 19.7 Å². The molecule has 2 heterocycles. The van der Waals surface area contributed by atoms with Gasteiger partial charge in [0.05, 0.1) is 18.2 Å². The molecule has 2 amide bonds. The molecule has 0 aromatic heterocycles. The third kappa shape index (κ3) is 4.81. The SMILES string of the molecule is CC1c2cc(OC(CC(=O)O)C(=O)NCC3CCCCC3)ccc2N=C2NC(=O)CN21. The van der Waals surface area contributed by atoms with E-state index >= 15 is 0 Å². The van der Waals surface area contributed by atoms with Crippen LogP contribution in [-0.4, -0.2) is 52.9 Å². The Morgan fingerprint density at radius 1 is 1.32 bits per heavy atom. The van der Waals surface area contributed by atoms with E-state index in [-0.39, 0.29) is 18.5 Å². The molecule has 0 radical (unpaired) electrons. The van der Waals surface area contributed by atoms with Gasteiger partial charge in [-0.1, -0.05) is 19.3 Å². The zero-order valence-electron chi connectivity index (χ0n) is 17.6. The van der Waals surface area contributed by atoms with Crippen molar-refractivity contribution in [1.82, 2.24) is 15.5 Å². The number of guanidine groups is 1. The van der Waals surface area contributed by atoms with Crippen molar-refractivity contribution in [1.29, 1.82) is 0 Å². The fraction of sp³-hybridized carbons (Fsp3) is 0.545. The molecular weight excluding hydrogens is 400 g/mol. The number of benzene rings is 1. The molecule has 166 valence electrons. The quantitative estimate of drug-likeness (QED) is 0.612. The number of carboxylic acid groups (broad SMARTS) is 1. The number of hydrogen-bond acceptors (Lipinski definition) is 6. The molecule has 1 aromatic carbocycles. The first kappa shape index (κ1) is 21.1. The van der Waals surface area contributed by atoms with Gasteiger partial charge >= 0.3 is 5.97 Å². The highest BCUT2D eigenvalue weighted by Gasteiger charge is 2.34. The maximum atomic E-state index is 12.7. The van der Waals surface area contributed by atoms with Crippen molar-refractivity contribution in [2.24, 2.45) is 10.9 Å². The summed E-state index contributed by atoms with van der Waals surface area (Å²) in [5.41, 5.74) is 1.57. The average molecular weight is 428 g/mol. The summed E-state index contributed by atoms with van der Waals surface area (Å²) in [5, 5.41) is 14.9. The van der Waals surface area contributed by atoms with Crippen LogP contribution >= 0.6 is 0 Å².